The SMILES string of the molecule is CC(C(=O)c1ccccc1)[n+]1csc2c1CCCC2. The molecule has 1 aliphatic rings. The van der Waals surface area contributed by atoms with Gasteiger partial charge in [-0.05, 0) is 19.3 Å². The topological polar surface area (TPSA) is 20.9 Å². The summed E-state index contributed by atoms with van der Waals surface area (Å²) in [5.41, 5.74) is 4.31. The fourth-order valence-electron chi connectivity index (χ4n) is 2.74. The minimum Gasteiger partial charge on any atom is -0.287 e. The first-order valence-corrected chi connectivity index (χ1v) is 7.75. The van der Waals surface area contributed by atoms with Crippen LogP contribution in [0.5, 0.6) is 0 Å². The molecule has 0 amide bonds. The number of aromatic nitrogens is 1. The van der Waals surface area contributed by atoms with E-state index in [1.807, 2.05) is 37.3 Å². The third kappa shape index (κ3) is 2.35. The number of hydrogen-bond donors (Lipinski definition) is 0. The molecular formula is C16H18NOS+. The van der Waals surface area contributed by atoms with E-state index in [4.69, 9.17) is 0 Å². The van der Waals surface area contributed by atoms with Crippen LogP contribution in [0.2, 0.25) is 0 Å². The van der Waals surface area contributed by atoms with Crippen molar-refractivity contribution in [3.8, 4) is 0 Å². The Morgan fingerprint density at radius 1 is 1.21 bits per heavy atom. The van der Waals surface area contributed by atoms with Crippen LogP contribution < -0.4 is 4.57 Å². The molecule has 0 bridgehead atoms. The van der Waals surface area contributed by atoms with Crippen molar-refractivity contribution in [1.29, 1.82) is 0 Å². The maximum atomic E-state index is 12.5. The van der Waals surface area contributed by atoms with Gasteiger partial charge in [0.25, 0.3) is 0 Å². The van der Waals surface area contributed by atoms with E-state index in [1.54, 1.807) is 11.3 Å². The van der Waals surface area contributed by atoms with E-state index in [9.17, 15) is 4.79 Å². The molecule has 0 fully saturated rings. The quantitative estimate of drug-likeness (QED) is 0.620. The van der Waals surface area contributed by atoms with Crippen LogP contribution in [0.1, 0.15) is 46.7 Å². The monoisotopic (exact) mass is 272 g/mol. The predicted octanol–water partition coefficient (Wildman–Crippen LogP) is 3.36. The number of benzene rings is 1. The van der Waals surface area contributed by atoms with Crippen molar-refractivity contribution in [3.63, 3.8) is 0 Å². The highest BCUT2D eigenvalue weighted by atomic mass is 32.1. The zero-order valence-electron chi connectivity index (χ0n) is 11.1. The lowest BCUT2D eigenvalue weighted by atomic mass is 10.0. The van der Waals surface area contributed by atoms with E-state index in [0.29, 0.717) is 0 Å². The summed E-state index contributed by atoms with van der Waals surface area (Å²) in [5, 5.41) is 0. The maximum Gasteiger partial charge on any atom is 0.230 e. The van der Waals surface area contributed by atoms with Crippen molar-refractivity contribution in [1.82, 2.24) is 0 Å². The number of carbonyl (C=O) groups is 1. The summed E-state index contributed by atoms with van der Waals surface area (Å²) in [7, 11) is 0. The molecule has 3 heteroatoms. The van der Waals surface area contributed by atoms with Crippen LogP contribution in [0.3, 0.4) is 0 Å². The molecule has 1 unspecified atom stereocenters. The van der Waals surface area contributed by atoms with E-state index >= 15 is 0 Å². The number of aryl methyl sites for hydroxylation is 1. The van der Waals surface area contributed by atoms with Crippen molar-refractivity contribution < 1.29 is 9.36 Å². The summed E-state index contributed by atoms with van der Waals surface area (Å²) in [6.07, 6.45) is 4.83. The molecule has 3 rings (SSSR count). The van der Waals surface area contributed by atoms with Gasteiger partial charge < -0.3 is 0 Å². The molecule has 0 spiro atoms. The van der Waals surface area contributed by atoms with Gasteiger partial charge in [-0.3, -0.25) is 4.79 Å². The average Bonchev–Trinajstić information content (AvgIpc) is 2.90. The van der Waals surface area contributed by atoms with Gasteiger partial charge in [0.2, 0.25) is 17.3 Å². The lowest BCUT2D eigenvalue weighted by Gasteiger charge is -2.11. The first-order chi connectivity index (χ1) is 9.27. The van der Waals surface area contributed by atoms with E-state index in [1.165, 1.54) is 29.8 Å². The molecule has 0 N–H and O–H groups in total. The van der Waals surface area contributed by atoms with Crippen molar-refractivity contribution in [2.45, 2.75) is 38.6 Å². The molecule has 1 atom stereocenters. The highest BCUT2D eigenvalue weighted by molar-refractivity contribution is 7.09. The fraction of sp³-hybridized carbons (Fsp3) is 0.375. The molecule has 2 aromatic rings. The largest absolute Gasteiger partial charge is 0.287 e. The van der Waals surface area contributed by atoms with Crippen LogP contribution >= 0.6 is 11.3 Å². The van der Waals surface area contributed by atoms with Gasteiger partial charge in [0.05, 0.1) is 4.88 Å². The number of fused-ring (bicyclic) bond motifs is 1. The number of hydrogen-bond acceptors (Lipinski definition) is 2. The summed E-state index contributed by atoms with van der Waals surface area (Å²) >= 11 is 1.80. The van der Waals surface area contributed by atoms with E-state index < -0.39 is 0 Å². The third-order valence-electron chi connectivity index (χ3n) is 3.86. The van der Waals surface area contributed by atoms with Crippen molar-refractivity contribution in [2.75, 3.05) is 0 Å². The Hall–Kier alpha value is -1.48. The first-order valence-electron chi connectivity index (χ1n) is 6.87. The molecule has 1 aromatic heterocycles. The fourth-order valence-corrected chi connectivity index (χ4v) is 3.90. The van der Waals surface area contributed by atoms with Crippen LogP contribution in [0, 0.1) is 0 Å². The number of rotatable bonds is 3. The zero-order valence-corrected chi connectivity index (χ0v) is 12.0. The smallest absolute Gasteiger partial charge is 0.230 e. The molecule has 1 heterocycles. The number of thiazole rings is 1. The third-order valence-corrected chi connectivity index (χ3v) is 4.92. The molecule has 0 radical (unpaired) electrons. The lowest BCUT2D eigenvalue weighted by molar-refractivity contribution is -0.707. The summed E-state index contributed by atoms with van der Waals surface area (Å²) < 4.78 is 2.19. The normalized spacial score (nSPS) is 15.8. The molecule has 1 aromatic carbocycles. The Bertz CT molecular complexity index is 588. The molecule has 1 aliphatic carbocycles. The Kier molecular flexibility index (Phi) is 3.47. The summed E-state index contributed by atoms with van der Waals surface area (Å²) in [6, 6.07) is 9.50. The highest BCUT2D eigenvalue weighted by Gasteiger charge is 2.30. The lowest BCUT2D eigenvalue weighted by Crippen LogP contribution is -2.44. The Morgan fingerprint density at radius 3 is 2.74 bits per heavy atom. The summed E-state index contributed by atoms with van der Waals surface area (Å²) in [5.74, 6) is 0.205. The molecular weight excluding hydrogens is 254 g/mol. The van der Waals surface area contributed by atoms with Gasteiger partial charge in [-0.15, -0.1) is 0 Å². The zero-order chi connectivity index (χ0) is 13.2. The molecule has 19 heavy (non-hydrogen) atoms. The minimum absolute atomic E-state index is 0.0968. The Morgan fingerprint density at radius 2 is 1.95 bits per heavy atom. The van der Waals surface area contributed by atoms with E-state index in [-0.39, 0.29) is 11.8 Å². The minimum atomic E-state index is -0.0968. The Balaban J connectivity index is 1.90. The van der Waals surface area contributed by atoms with Crippen LogP contribution in [0.4, 0.5) is 0 Å². The van der Waals surface area contributed by atoms with Crippen molar-refractivity contribution in [2.24, 2.45) is 0 Å². The number of Topliss-reactive ketones (excluding diaryl/α,β-unsaturated/α-hetero) is 1. The standard InChI is InChI=1S/C16H18NOS/c1-12(16(18)13-7-3-2-4-8-13)17-11-19-15-10-6-5-9-14(15)17/h2-4,7-8,11-12H,5-6,9-10H2,1H3/q+1. The van der Waals surface area contributed by atoms with Gasteiger partial charge in [-0.25, -0.2) is 0 Å². The number of ketones is 1. The Labute approximate surface area is 117 Å². The second kappa shape index (κ2) is 5.25. The summed E-state index contributed by atoms with van der Waals surface area (Å²) in [4.78, 5) is 14.0. The van der Waals surface area contributed by atoms with Gasteiger partial charge in [-0.2, -0.15) is 4.57 Å². The number of nitrogens with zero attached hydrogens (tertiary/aromatic N) is 1. The highest BCUT2D eigenvalue weighted by Crippen LogP contribution is 2.24. The van der Waals surface area contributed by atoms with Crippen molar-refractivity contribution >= 4 is 17.1 Å². The molecule has 2 nitrogen and oxygen atoms in total. The maximum absolute atomic E-state index is 12.5. The number of carbonyl (C=O) groups excluding carboxylic acids is 1. The van der Waals surface area contributed by atoms with Crippen LogP contribution in [-0.2, 0) is 12.8 Å². The van der Waals surface area contributed by atoms with E-state index in [2.05, 4.69) is 10.1 Å². The van der Waals surface area contributed by atoms with Crippen LogP contribution in [0.25, 0.3) is 0 Å². The van der Waals surface area contributed by atoms with Crippen molar-refractivity contribution in [3.05, 3.63) is 52.0 Å². The van der Waals surface area contributed by atoms with Gasteiger partial charge in [0, 0.05) is 18.9 Å². The van der Waals surface area contributed by atoms with Gasteiger partial charge in [-0.1, -0.05) is 41.7 Å². The molecule has 0 saturated heterocycles. The van der Waals surface area contributed by atoms with Crippen LogP contribution in [-0.4, -0.2) is 5.78 Å². The first kappa shape index (κ1) is 12.5. The molecule has 0 saturated carbocycles. The van der Waals surface area contributed by atoms with Gasteiger partial charge in [0.1, 0.15) is 0 Å². The average molecular weight is 272 g/mol. The predicted molar refractivity (Wildman–Crippen MR) is 76.6 cm³/mol. The van der Waals surface area contributed by atoms with Crippen LogP contribution in [0.15, 0.2) is 35.8 Å². The molecule has 98 valence electrons. The second-order valence-electron chi connectivity index (χ2n) is 5.11. The van der Waals surface area contributed by atoms with Gasteiger partial charge >= 0.3 is 0 Å². The molecule has 0 aliphatic heterocycles. The van der Waals surface area contributed by atoms with Gasteiger partial charge in [0.15, 0.2) is 5.69 Å². The van der Waals surface area contributed by atoms with E-state index in [0.717, 1.165) is 12.0 Å². The second-order valence-corrected chi connectivity index (χ2v) is 6.05. The summed E-state index contributed by atoms with van der Waals surface area (Å²) in [6.45, 7) is 2.01.